The molecule has 0 bridgehead atoms. The van der Waals surface area contributed by atoms with Crippen molar-refractivity contribution in [2.75, 3.05) is 6.54 Å². The van der Waals surface area contributed by atoms with E-state index in [1.807, 2.05) is 30.3 Å². The van der Waals surface area contributed by atoms with Crippen molar-refractivity contribution in [3.8, 4) is 0 Å². The van der Waals surface area contributed by atoms with Crippen LogP contribution in [0.4, 0.5) is 0 Å². The van der Waals surface area contributed by atoms with Gasteiger partial charge in [-0.1, -0.05) is 25.3 Å². The summed E-state index contributed by atoms with van der Waals surface area (Å²) in [6, 6.07) is 4.09. The molecule has 2 rings (SSSR count). The molecule has 1 amide bonds. The fraction of sp³-hybridized carbons (Fsp3) is 0.562. The van der Waals surface area contributed by atoms with Gasteiger partial charge in [-0.15, -0.1) is 6.58 Å². The van der Waals surface area contributed by atoms with Gasteiger partial charge in [0.2, 0.25) is 5.91 Å². The van der Waals surface area contributed by atoms with E-state index in [4.69, 9.17) is 0 Å². The van der Waals surface area contributed by atoms with Crippen LogP contribution in [-0.2, 0) is 18.4 Å². The lowest BCUT2D eigenvalue weighted by Gasteiger charge is -2.28. The molecule has 104 valence electrons. The fourth-order valence-corrected chi connectivity index (χ4v) is 2.85. The molecule has 1 heterocycles. The summed E-state index contributed by atoms with van der Waals surface area (Å²) in [7, 11) is 2.02. The van der Waals surface area contributed by atoms with Crippen molar-refractivity contribution in [2.45, 2.75) is 38.6 Å². The Morgan fingerprint density at radius 3 is 2.79 bits per heavy atom. The maximum absolute atomic E-state index is 12.6. The van der Waals surface area contributed by atoms with Gasteiger partial charge in [0.25, 0.3) is 0 Å². The van der Waals surface area contributed by atoms with Gasteiger partial charge in [0, 0.05) is 31.4 Å². The second-order valence-electron chi connectivity index (χ2n) is 5.45. The fourth-order valence-electron chi connectivity index (χ4n) is 2.85. The summed E-state index contributed by atoms with van der Waals surface area (Å²) >= 11 is 0. The summed E-state index contributed by atoms with van der Waals surface area (Å²) in [6.07, 6.45) is 9.63. The Morgan fingerprint density at radius 1 is 1.47 bits per heavy atom. The van der Waals surface area contributed by atoms with Crippen molar-refractivity contribution in [3.05, 3.63) is 36.7 Å². The lowest BCUT2D eigenvalue weighted by atomic mass is 9.88. The van der Waals surface area contributed by atoms with Gasteiger partial charge in [-0.2, -0.15) is 0 Å². The second kappa shape index (κ2) is 6.60. The zero-order chi connectivity index (χ0) is 13.7. The molecule has 1 fully saturated rings. The maximum Gasteiger partial charge on any atom is 0.226 e. The van der Waals surface area contributed by atoms with Crippen molar-refractivity contribution in [2.24, 2.45) is 13.0 Å². The van der Waals surface area contributed by atoms with E-state index in [1.54, 1.807) is 0 Å². The van der Waals surface area contributed by atoms with E-state index < -0.39 is 0 Å². The summed E-state index contributed by atoms with van der Waals surface area (Å²) in [5.74, 6) is 0.537. The Kier molecular flexibility index (Phi) is 4.83. The highest BCUT2D eigenvalue weighted by Crippen LogP contribution is 2.26. The van der Waals surface area contributed by atoms with Crippen LogP contribution in [-0.4, -0.2) is 21.9 Å². The first-order valence-electron chi connectivity index (χ1n) is 7.22. The highest BCUT2D eigenvalue weighted by Gasteiger charge is 2.25. The molecule has 3 heteroatoms. The van der Waals surface area contributed by atoms with Crippen molar-refractivity contribution in [1.29, 1.82) is 0 Å². The smallest absolute Gasteiger partial charge is 0.226 e. The normalized spacial score (nSPS) is 16.3. The van der Waals surface area contributed by atoms with Crippen LogP contribution in [0, 0.1) is 5.92 Å². The number of carbonyl (C=O) groups is 1. The van der Waals surface area contributed by atoms with E-state index in [2.05, 4.69) is 17.2 Å². The predicted octanol–water partition coefficient (Wildman–Crippen LogP) is 3.12. The topological polar surface area (TPSA) is 25.2 Å². The first-order valence-corrected chi connectivity index (χ1v) is 7.22. The van der Waals surface area contributed by atoms with Gasteiger partial charge in [0.1, 0.15) is 0 Å². The minimum absolute atomic E-state index is 0.231. The molecule has 0 aromatic carbocycles. The van der Waals surface area contributed by atoms with Crippen LogP contribution in [0.1, 0.15) is 37.8 Å². The van der Waals surface area contributed by atoms with Crippen LogP contribution >= 0.6 is 0 Å². The summed E-state index contributed by atoms with van der Waals surface area (Å²) < 4.78 is 2.07. The third-order valence-electron chi connectivity index (χ3n) is 4.02. The lowest BCUT2D eigenvalue weighted by molar-refractivity contribution is -0.136. The van der Waals surface area contributed by atoms with E-state index in [1.165, 1.54) is 25.0 Å². The van der Waals surface area contributed by atoms with Crippen molar-refractivity contribution < 1.29 is 4.79 Å². The van der Waals surface area contributed by atoms with Gasteiger partial charge < -0.3 is 9.47 Å². The Morgan fingerprint density at radius 2 is 2.21 bits per heavy atom. The first kappa shape index (κ1) is 13.9. The van der Waals surface area contributed by atoms with E-state index in [0.717, 1.165) is 12.8 Å². The van der Waals surface area contributed by atoms with Gasteiger partial charge in [-0.25, -0.2) is 0 Å². The number of rotatable bonds is 5. The van der Waals surface area contributed by atoms with Crippen molar-refractivity contribution >= 4 is 5.91 Å². The molecule has 1 saturated carbocycles. The Balaban J connectivity index is 2.04. The summed E-state index contributed by atoms with van der Waals surface area (Å²) in [6.45, 7) is 5.10. The molecule has 0 saturated heterocycles. The van der Waals surface area contributed by atoms with Crippen LogP contribution in [0.3, 0.4) is 0 Å². The van der Waals surface area contributed by atoms with Crippen molar-refractivity contribution in [1.82, 2.24) is 9.47 Å². The molecular formula is C16H24N2O. The summed E-state index contributed by atoms with van der Waals surface area (Å²) in [4.78, 5) is 14.5. The lowest BCUT2D eigenvalue weighted by Crippen LogP contribution is -2.37. The largest absolute Gasteiger partial charge is 0.353 e. The maximum atomic E-state index is 12.6. The number of hydrogen-bond donors (Lipinski definition) is 0. The molecule has 3 nitrogen and oxygen atoms in total. The third-order valence-corrected chi connectivity index (χ3v) is 4.02. The number of hydrogen-bond acceptors (Lipinski definition) is 1. The highest BCUT2D eigenvalue weighted by atomic mass is 16.2. The van der Waals surface area contributed by atoms with E-state index in [0.29, 0.717) is 19.0 Å². The van der Waals surface area contributed by atoms with Crippen LogP contribution in [0.25, 0.3) is 0 Å². The minimum atomic E-state index is 0.231. The van der Waals surface area contributed by atoms with Gasteiger partial charge >= 0.3 is 0 Å². The van der Waals surface area contributed by atoms with E-state index in [-0.39, 0.29) is 5.92 Å². The molecule has 1 aromatic heterocycles. The third kappa shape index (κ3) is 3.49. The number of aromatic nitrogens is 1. The van der Waals surface area contributed by atoms with E-state index in [9.17, 15) is 4.79 Å². The zero-order valence-electron chi connectivity index (χ0n) is 11.8. The van der Waals surface area contributed by atoms with Gasteiger partial charge in [0.15, 0.2) is 0 Å². The van der Waals surface area contributed by atoms with Crippen LogP contribution < -0.4 is 0 Å². The summed E-state index contributed by atoms with van der Waals surface area (Å²) in [5, 5.41) is 0. The quantitative estimate of drug-likeness (QED) is 0.747. The molecular weight excluding hydrogens is 236 g/mol. The minimum Gasteiger partial charge on any atom is -0.353 e. The Hall–Kier alpha value is -1.51. The average molecular weight is 260 g/mol. The van der Waals surface area contributed by atoms with Crippen LogP contribution in [0.15, 0.2) is 31.0 Å². The molecule has 0 N–H and O–H groups in total. The van der Waals surface area contributed by atoms with Gasteiger partial charge in [-0.3, -0.25) is 4.79 Å². The second-order valence-corrected chi connectivity index (χ2v) is 5.45. The number of amides is 1. The Bertz CT molecular complexity index is 430. The molecule has 0 unspecified atom stereocenters. The van der Waals surface area contributed by atoms with Crippen LogP contribution in [0.2, 0.25) is 0 Å². The molecule has 0 spiro atoms. The predicted molar refractivity (Wildman–Crippen MR) is 77.6 cm³/mol. The molecule has 0 radical (unpaired) electrons. The molecule has 1 aliphatic rings. The first-order chi connectivity index (χ1) is 9.22. The standard InChI is InChI=1S/C16H24N2O/c1-3-11-18(13-15-10-7-12-17(15)2)16(19)14-8-5-4-6-9-14/h3,7,10,12,14H,1,4-6,8-9,11,13H2,2H3. The molecule has 19 heavy (non-hydrogen) atoms. The van der Waals surface area contributed by atoms with Gasteiger partial charge in [0.05, 0.1) is 6.54 Å². The monoisotopic (exact) mass is 260 g/mol. The molecule has 1 aromatic rings. The van der Waals surface area contributed by atoms with E-state index >= 15 is 0 Å². The van der Waals surface area contributed by atoms with Gasteiger partial charge in [-0.05, 0) is 25.0 Å². The Labute approximate surface area is 115 Å². The summed E-state index contributed by atoms with van der Waals surface area (Å²) in [5.41, 5.74) is 1.17. The number of aryl methyl sites for hydroxylation is 1. The molecule has 0 atom stereocenters. The SMILES string of the molecule is C=CCN(Cc1cccn1C)C(=O)C1CCCCC1. The number of nitrogens with zero attached hydrogens (tertiary/aromatic N) is 2. The highest BCUT2D eigenvalue weighted by molar-refractivity contribution is 5.79. The van der Waals surface area contributed by atoms with Crippen LogP contribution in [0.5, 0.6) is 0 Å². The molecule has 0 aliphatic heterocycles. The average Bonchev–Trinajstić information content (AvgIpc) is 2.84. The van der Waals surface area contributed by atoms with Crippen molar-refractivity contribution in [3.63, 3.8) is 0 Å². The molecule has 1 aliphatic carbocycles. The zero-order valence-corrected chi connectivity index (χ0v) is 11.8. The number of carbonyl (C=O) groups excluding carboxylic acids is 1.